The van der Waals surface area contributed by atoms with Crippen LogP contribution in [0.1, 0.15) is 11.3 Å². The van der Waals surface area contributed by atoms with Gasteiger partial charge in [-0.15, -0.1) is 0 Å². The molecule has 2 aromatic carbocycles. The Bertz CT molecular complexity index is 1300. The van der Waals surface area contributed by atoms with Crippen molar-refractivity contribution in [3.05, 3.63) is 77.6 Å². The normalized spacial score (nSPS) is 11.4. The molecule has 2 aromatic heterocycles. The lowest BCUT2D eigenvalue weighted by Crippen LogP contribution is -2.04. The number of halogens is 5. The molecule has 3 N–H and O–H groups in total. The molecule has 0 spiro atoms. The number of rotatable bonds is 4. The Hall–Kier alpha value is -4.13. The van der Waals surface area contributed by atoms with Crippen molar-refractivity contribution in [1.82, 2.24) is 9.97 Å². The van der Waals surface area contributed by atoms with Crippen molar-refractivity contribution >= 4 is 33.8 Å². The third-order valence-electron chi connectivity index (χ3n) is 4.43. The van der Waals surface area contributed by atoms with E-state index in [1.54, 1.807) is 0 Å². The lowest BCUT2D eigenvalue weighted by Gasteiger charge is -2.11. The van der Waals surface area contributed by atoms with Gasteiger partial charge in [-0.25, -0.2) is 13.8 Å². The number of H-pyrrole nitrogens is 1. The summed E-state index contributed by atoms with van der Waals surface area (Å²) in [6, 6.07) is 11.3. The lowest BCUT2D eigenvalue weighted by atomic mass is 10.2. The summed E-state index contributed by atoms with van der Waals surface area (Å²) in [6.07, 6.45) is -2.94. The molecule has 0 amide bonds. The van der Waals surface area contributed by atoms with E-state index in [0.29, 0.717) is 28.0 Å². The highest BCUT2D eigenvalue weighted by Crippen LogP contribution is 2.32. The number of anilines is 4. The van der Waals surface area contributed by atoms with Gasteiger partial charge in [-0.3, -0.25) is 0 Å². The summed E-state index contributed by atoms with van der Waals surface area (Å²) in [4.78, 5) is 6.90. The molecule has 0 radical (unpaired) electrons. The number of nitrogens with zero attached hydrogens (tertiary/aromatic N) is 2. The van der Waals surface area contributed by atoms with Crippen LogP contribution >= 0.6 is 0 Å². The number of fused-ring (bicyclic) bond motifs is 1. The number of alkyl halides is 3. The van der Waals surface area contributed by atoms with E-state index >= 15 is 0 Å². The molecule has 10 heteroatoms. The van der Waals surface area contributed by atoms with E-state index in [4.69, 9.17) is 0 Å². The van der Waals surface area contributed by atoms with Gasteiger partial charge in [-0.2, -0.15) is 18.4 Å². The number of nitriles is 1. The van der Waals surface area contributed by atoms with Crippen LogP contribution in [0.5, 0.6) is 0 Å². The second-order valence-electron chi connectivity index (χ2n) is 6.58. The molecule has 4 rings (SSSR count). The van der Waals surface area contributed by atoms with Crippen LogP contribution in [0.4, 0.5) is 44.8 Å². The summed E-state index contributed by atoms with van der Waals surface area (Å²) in [7, 11) is 0. The summed E-state index contributed by atoms with van der Waals surface area (Å²) in [5.41, 5.74) is 0.805. The smallest absolute Gasteiger partial charge is 0.359 e. The molecule has 0 atom stereocenters. The van der Waals surface area contributed by atoms with E-state index in [2.05, 4.69) is 20.6 Å². The summed E-state index contributed by atoms with van der Waals surface area (Å²) < 4.78 is 65.2. The first-order valence-electron chi connectivity index (χ1n) is 8.82. The van der Waals surface area contributed by atoms with Crippen LogP contribution in [0.3, 0.4) is 0 Å². The first-order chi connectivity index (χ1) is 14.7. The molecule has 5 nitrogen and oxygen atoms in total. The Morgan fingerprint density at radius 2 is 1.61 bits per heavy atom. The van der Waals surface area contributed by atoms with Crippen LogP contribution in [0.25, 0.3) is 10.9 Å². The maximum Gasteiger partial charge on any atom is 0.416 e. The molecule has 0 aliphatic rings. The second kappa shape index (κ2) is 7.60. The fourth-order valence-electron chi connectivity index (χ4n) is 2.99. The maximum absolute atomic E-state index is 13.6. The SMILES string of the molecule is N#Cc1cc(Nc2c[nH]c3cc(F)c(F)cc23)cc(Nc2ccc(C(F)(F)F)cc2)n1. The Morgan fingerprint density at radius 1 is 0.903 bits per heavy atom. The van der Waals surface area contributed by atoms with Crippen LogP contribution in [-0.2, 0) is 6.18 Å². The molecule has 4 aromatic rings. The molecule has 31 heavy (non-hydrogen) atoms. The van der Waals surface area contributed by atoms with Crippen molar-refractivity contribution in [2.75, 3.05) is 10.6 Å². The first kappa shape index (κ1) is 20.2. The number of aromatic nitrogens is 2. The first-order valence-corrected chi connectivity index (χ1v) is 8.82. The van der Waals surface area contributed by atoms with Gasteiger partial charge >= 0.3 is 6.18 Å². The van der Waals surface area contributed by atoms with E-state index in [-0.39, 0.29) is 11.5 Å². The number of nitrogens with one attached hydrogen (secondary N) is 3. The Kier molecular flexibility index (Phi) is 4.94. The van der Waals surface area contributed by atoms with Crippen LogP contribution in [-0.4, -0.2) is 9.97 Å². The number of pyridine rings is 1. The van der Waals surface area contributed by atoms with Crippen molar-refractivity contribution < 1.29 is 22.0 Å². The number of benzene rings is 2. The zero-order valence-electron chi connectivity index (χ0n) is 15.5. The maximum atomic E-state index is 13.6. The largest absolute Gasteiger partial charge is 0.416 e. The highest BCUT2D eigenvalue weighted by Gasteiger charge is 2.29. The Labute approximate surface area is 172 Å². The molecule has 0 saturated carbocycles. The van der Waals surface area contributed by atoms with E-state index < -0.39 is 23.4 Å². The van der Waals surface area contributed by atoms with E-state index in [0.717, 1.165) is 24.3 Å². The average Bonchev–Trinajstić information content (AvgIpc) is 3.09. The fraction of sp³-hybridized carbons (Fsp3) is 0.0476. The van der Waals surface area contributed by atoms with Crippen LogP contribution in [0.2, 0.25) is 0 Å². The molecule has 156 valence electrons. The van der Waals surface area contributed by atoms with Crippen molar-refractivity contribution in [3.63, 3.8) is 0 Å². The summed E-state index contributed by atoms with van der Waals surface area (Å²) in [6.45, 7) is 0. The molecular weight excluding hydrogens is 417 g/mol. The molecule has 0 aliphatic carbocycles. The van der Waals surface area contributed by atoms with Crippen LogP contribution < -0.4 is 10.6 Å². The standard InChI is InChI=1S/C21H12F5N5/c22-16-7-15-18(8-17(16)23)28-10-19(15)29-13-5-14(9-27)31-20(6-13)30-12-3-1-11(2-4-12)21(24,25)26/h1-8,10,28H,(H2,29,30,31). The predicted octanol–water partition coefficient (Wildman–Crippen LogP) is 6.22. The van der Waals surface area contributed by atoms with Gasteiger partial charge in [-0.1, -0.05) is 0 Å². The summed E-state index contributed by atoms with van der Waals surface area (Å²) >= 11 is 0. The fourth-order valence-corrected chi connectivity index (χ4v) is 2.99. The third kappa shape index (κ3) is 4.25. The Morgan fingerprint density at radius 3 is 2.29 bits per heavy atom. The molecular formula is C21H12F5N5. The van der Waals surface area contributed by atoms with Gasteiger partial charge in [0.2, 0.25) is 0 Å². The van der Waals surface area contributed by atoms with Crippen LogP contribution in [0, 0.1) is 23.0 Å². The monoisotopic (exact) mass is 429 g/mol. The van der Waals surface area contributed by atoms with Gasteiger partial charge in [0.15, 0.2) is 11.6 Å². The topological polar surface area (TPSA) is 76.5 Å². The minimum absolute atomic E-state index is 0.0384. The Balaban J connectivity index is 1.63. The van der Waals surface area contributed by atoms with Gasteiger partial charge in [0.05, 0.1) is 16.8 Å². The summed E-state index contributed by atoms with van der Waals surface area (Å²) in [5.74, 6) is -1.79. The van der Waals surface area contributed by atoms with E-state index in [1.807, 2.05) is 6.07 Å². The number of hydrogen-bond acceptors (Lipinski definition) is 4. The van der Waals surface area contributed by atoms with Crippen LogP contribution in [0.15, 0.2) is 54.7 Å². The van der Waals surface area contributed by atoms with E-state index in [9.17, 15) is 27.2 Å². The van der Waals surface area contributed by atoms with Gasteiger partial charge in [-0.05, 0) is 36.4 Å². The number of aromatic amines is 1. The quantitative estimate of drug-likeness (QED) is 0.337. The van der Waals surface area contributed by atoms with Gasteiger partial charge in [0.25, 0.3) is 0 Å². The predicted molar refractivity (Wildman–Crippen MR) is 105 cm³/mol. The van der Waals surface area contributed by atoms with Crippen molar-refractivity contribution in [1.29, 1.82) is 5.26 Å². The molecule has 0 aliphatic heterocycles. The molecule has 0 unspecified atom stereocenters. The zero-order valence-corrected chi connectivity index (χ0v) is 15.5. The average molecular weight is 429 g/mol. The molecule has 2 heterocycles. The van der Waals surface area contributed by atoms with Crippen molar-refractivity contribution in [2.24, 2.45) is 0 Å². The highest BCUT2D eigenvalue weighted by atomic mass is 19.4. The highest BCUT2D eigenvalue weighted by molar-refractivity contribution is 5.94. The van der Waals surface area contributed by atoms with Crippen molar-refractivity contribution in [2.45, 2.75) is 6.18 Å². The lowest BCUT2D eigenvalue weighted by molar-refractivity contribution is -0.137. The minimum Gasteiger partial charge on any atom is -0.359 e. The van der Waals surface area contributed by atoms with Gasteiger partial charge in [0, 0.05) is 35.1 Å². The van der Waals surface area contributed by atoms with Gasteiger partial charge in [0.1, 0.15) is 17.6 Å². The third-order valence-corrected chi connectivity index (χ3v) is 4.43. The zero-order chi connectivity index (χ0) is 22.2. The summed E-state index contributed by atoms with van der Waals surface area (Å²) in [5, 5.41) is 15.5. The van der Waals surface area contributed by atoms with Gasteiger partial charge < -0.3 is 15.6 Å². The molecule has 0 fully saturated rings. The second-order valence-corrected chi connectivity index (χ2v) is 6.58. The number of hydrogen-bond donors (Lipinski definition) is 3. The van der Waals surface area contributed by atoms with Crippen molar-refractivity contribution in [3.8, 4) is 6.07 Å². The molecule has 0 saturated heterocycles. The molecule has 0 bridgehead atoms. The minimum atomic E-state index is -4.45. The van der Waals surface area contributed by atoms with E-state index in [1.165, 1.54) is 30.5 Å².